The number of benzene rings is 1. The lowest BCUT2D eigenvalue weighted by molar-refractivity contribution is 0.0992. The molecule has 0 aliphatic heterocycles. The van der Waals surface area contributed by atoms with Crippen LogP contribution in [-0.4, -0.2) is 11.0 Å². The summed E-state index contributed by atoms with van der Waals surface area (Å²) >= 11 is 0. The molecule has 0 spiro atoms. The minimum absolute atomic E-state index is 0.588. The molecular weight excluding hydrogens is 168 g/mol. The van der Waals surface area contributed by atoms with Gasteiger partial charge in [-0.3, -0.25) is 4.79 Å². The van der Waals surface area contributed by atoms with Crippen molar-refractivity contribution in [2.24, 2.45) is 5.73 Å². The normalized spacial score (nSPS) is 9.83. The molecule has 0 radical (unpaired) electrons. The van der Waals surface area contributed by atoms with Crippen LogP contribution in [0.5, 0.6) is 5.75 Å². The van der Waals surface area contributed by atoms with Crippen LogP contribution in [0.4, 0.5) is 8.78 Å². The van der Waals surface area contributed by atoms with E-state index >= 15 is 0 Å². The zero-order chi connectivity index (χ0) is 9.30. The molecule has 0 heterocycles. The van der Waals surface area contributed by atoms with Crippen molar-refractivity contribution in [2.45, 2.75) is 0 Å². The highest BCUT2D eigenvalue weighted by atomic mass is 19.1. The van der Waals surface area contributed by atoms with Crippen LogP contribution in [0.25, 0.3) is 0 Å². The highest BCUT2D eigenvalue weighted by Crippen LogP contribution is 2.18. The second-order valence-corrected chi connectivity index (χ2v) is 2.15. The fraction of sp³-hybridized carbons (Fsp3) is 0. The number of aromatic hydroxyl groups is 1. The van der Waals surface area contributed by atoms with Gasteiger partial charge in [-0.15, -0.1) is 0 Å². The van der Waals surface area contributed by atoms with Crippen LogP contribution < -0.4 is 5.73 Å². The molecule has 3 N–H and O–H groups in total. The number of hydrogen-bond donors (Lipinski definition) is 2. The van der Waals surface area contributed by atoms with Gasteiger partial charge in [0.05, 0.1) is 0 Å². The van der Waals surface area contributed by atoms with Crippen molar-refractivity contribution in [1.82, 2.24) is 0 Å². The molecule has 0 fully saturated rings. The summed E-state index contributed by atoms with van der Waals surface area (Å²) in [5, 5.41) is 8.67. The van der Waals surface area contributed by atoms with E-state index in [-0.39, 0.29) is 0 Å². The maximum atomic E-state index is 12.7. The predicted molar refractivity (Wildman–Crippen MR) is 36.5 cm³/mol. The Hall–Kier alpha value is -1.65. The van der Waals surface area contributed by atoms with Crippen molar-refractivity contribution < 1.29 is 18.7 Å². The lowest BCUT2D eigenvalue weighted by Crippen LogP contribution is -2.15. The summed E-state index contributed by atoms with van der Waals surface area (Å²) in [7, 11) is 0. The molecule has 1 rings (SSSR count). The van der Waals surface area contributed by atoms with Crippen molar-refractivity contribution >= 4 is 5.91 Å². The Morgan fingerprint density at radius 2 is 1.75 bits per heavy atom. The van der Waals surface area contributed by atoms with Crippen molar-refractivity contribution in [3.05, 3.63) is 29.3 Å². The number of halogens is 2. The molecule has 0 aromatic heterocycles. The fourth-order valence-electron chi connectivity index (χ4n) is 0.795. The molecule has 1 amide bonds. The van der Waals surface area contributed by atoms with Crippen LogP contribution in [0.15, 0.2) is 12.1 Å². The summed E-state index contributed by atoms with van der Waals surface area (Å²) in [4.78, 5) is 10.4. The summed E-state index contributed by atoms with van der Waals surface area (Å²) in [6, 6.07) is 1.23. The molecule has 64 valence electrons. The second-order valence-electron chi connectivity index (χ2n) is 2.15. The van der Waals surface area contributed by atoms with E-state index in [1.54, 1.807) is 0 Å². The average molecular weight is 173 g/mol. The van der Waals surface area contributed by atoms with Crippen molar-refractivity contribution in [2.75, 3.05) is 0 Å². The quantitative estimate of drug-likeness (QED) is 0.658. The molecule has 0 aliphatic carbocycles. The van der Waals surface area contributed by atoms with E-state index in [4.69, 9.17) is 5.11 Å². The largest absolute Gasteiger partial charge is 0.508 e. The maximum absolute atomic E-state index is 12.7. The van der Waals surface area contributed by atoms with Crippen LogP contribution >= 0.6 is 0 Å². The average Bonchev–Trinajstić information content (AvgIpc) is 1.82. The zero-order valence-corrected chi connectivity index (χ0v) is 5.84. The number of primary amides is 1. The molecule has 0 bridgehead atoms. The van der Waals surface area contributed by atoms with E-state index in [0.29, 0.717) is 12.1 Å². The first-order valence-corrected chi connectivity index (χ1v) is 3.00. The number of phenols is 1. The van der Waals surface area contributed by atoms with E-state index in [1.807, 2.05) is 0 Å². The lowest BCUT2D eigenvalue weighted by Gasteiger charge is -2.00. The molecule has 1 aromatic carbocycles. The standard InChI is InChI=1S/C7H5F2NO2/c8-4-1-3(11)2-5(9)6(4)7(10)12/h1-2,11H,(H2,10,12). The number of nitrogens with two attached hydrogens (primary N) is 1. The van der Waals surface area contributed by atoms with Gasteiger partial charge in [0.1, 0.15) is 22.9 Å². The highest BCUT2D eigenvalue weighted by molar-refractivity contribution is 5.93. The third-order valence-electron chi connectivity index (χ3n) is 1.27. The van der Waals surface area contributed by atoms with Crippen LogP contribution in [0.3, 0.4) is 0 Å². The molecule has 3 nitrogen and oxygen atoms in total. The Morgan fingerprint density at radius 3 is 2.08 bits per heavy atom. The highest BCUT2D eigenvalue weighted by Gasteiger charge is 2.15. The van der Waals surface area contributed by atoms with Gasteiger partial charge in [-0.25, -0.2) is 8.78 Å². The van der Waals surface area contributed by atoms with E-state index in [2.05, 4.69) is 5.73 Å². The molecule has 12 heavy (non-hydrogen) atoms. The number of carbonyl (C=O) groups excluding carboxylic acids is 1. The fourth-order valence-corrected chi connectivity index (χ4v) is 0.795. The molecule has 5 heteroatoms. The number of carbonyl (C=O) groups is 1. The van der Waals surface area contributed by atoms with Gasteiger partial charge >= 0.3 is 0 Å². The van der Waals surface area contributed by atoms with Gasteiger partial charge in [-0.05, 0) is 0 Å². The number of phenolic OH excluding ortho intramolecular Hbond substituents is 1. The Labute approximate surface area is 66.4 Å². The first-order chi connectivity index (χ1) is 5.52. The van der Waals surface area contributed by atoms with Gasteiger partial charge in [0.2, 0.25) is 0 Å². The predicted octanol–water partition coefficient (Wildman–Crippen LogP) is 0.769. The first-order valence-electron chi connectivity index (χ1n) is 3.00. The van der Waals surface area contributed by atoms with Gasteiger partial charge in [-0.2, -0.15) is 0 Å². The molecular formula is C7H5F2NO2. The summed E-state index contributed by atoms with van der Waals surface area (Å²) in [5.41, 5.74) is 3.82. The van der Waals surface area contributed by atoms with Gasteiger partial charge < -0.3 is 10.8 Å². The summed E-state index contributed by atoms with van der Waals surface area (Å²) in [6.45, 7) is 0. The van der Waals surface area contributed by atoms with Crippen LogP contribution in [0.2, 0.25) is 0 Å². The Bertz CT molecular complexity index is 315. The van der Waals surface area contributed by atoms with E-state index in [9.17, 15) is 13.6 Å². The zero-order valence-electron chi connectivity index (χ0n) is 5.84. The van der Waals surface area contributed by atoms with Gasteiger partial charge in [0, 0.05) is 12.1 Å². The molecule has 0 saturated carbocycles. The summed E-state index contributed by atoms with van der Waals surface area (Å²) in [5.74, 6) is -4.12. The van der Waals surface area contributed by atoms with Gasteiger partial charge in [0.25, 0.3) is 5.91 Å². The summed E-state index contributed by atoms with van der Waals surface area (Å²) < 4.78 is 25.3. The minimum atomic E-state index is -1.20. The molecule has 1 aromatic rings. The number of amides is 1. The van der Waals surface area contributed by atoms with E-state index in [0.717, 1.165) is 0 Å². The molecule has 0 saturated heterocycles. The molecule has 0 atom stereocenters. The lowest BCUT2D eigenvalue weighted by atomic mass is 10.2. The van der Waals surface area contributed by atoms with E-state index in [1.165, 1.54) is 0 Å². The second kappa shape index (κ2) is 2.77. The van der Waals surface area contributed by atoms with E-state index < -0.39 is 28.9 Å². The smallest absolute Gasteiger partial charge is 0.254 e. The topological polar surface area (TPSA) is 63.3 Å². The number of rotatable bonds is 1. The first kappa shape index (κ1) is 8.45. The third-order valence-corrected chi connectivity index (χ3v) is 1.27. The van der Waals surface area contributed by atoms with Gasteiger partial charge in [-0.1, -0.05) is 0 Å². The van der Waals surface area contributed by atoms with Crippen LogP contribution in [0, 0.1) is 11.6 Å². The Kier molecular flexibility index (Phi) is 1.95. The molecule has 0 aliphatic rings. The number of hydrogen-bond acceptors (Lipinski definition) is 2. The van der Waals surface area contributed by atoms with Gasteiger partial charge in [0.15, 0.2) is 0 Å². The SMILES string of the molecule is NC(=O)c1c(F)cc(O)cc1F. The maximum Gasteiger partial charge on any atom is 0.254 e. The Balaban J connectivity index is 3.38. The van der Waals surface area contributed by atoms with Crippen molar-refractivity contribution in [1.29, 1.82) is 0 Å². The van der Waals surface area contributed by atoms with Crippen molar-refractivity contribution in [3.63, 3.8) is 0 Å². The van der Waals surface area contributed by atoms with Crippen molar-refractivity contribution in [3.8, 4) is 5.75 Å². The third kappa shape index (κ3) is 1.34. The summed E-state index contributed by atoms with van der Waals surface area (Å²) in [6.07, 6.45) is 0. The monoisotopic (exact) mass is 173 g/mol. The Morgan fingerprint density at radius 1 is 1.33 bits per heavy atom. The van der Waals surface area contributed by atoms with Crippen LogP contribution in [0.1, 0.15) is 10.4 Å². The molecule has 0 unspecified atom stereocenters. The van der Waals surface area contributed by atoms with Crippen LogP contribution in [-0.2, 0) is 0 Å². The minimum Gasteiger partial charge on any atom is -0.508 e.